The highest BCUT2D eigenvalue weighted by Gasteiger charge is 2.20. The number of piperazine rings is 1. The molecular weight excluding hydrogens is 318 g/mol. The first-order chi connectivity index (χ1) is 11.7. The summed E-state index contributed by atoms with van der Waals surface area (Å²) < 4.78 is 1.93. The largest absolute Gasteiger partial charge is 0.352 e. The van der Waals surface area contributed by atoms with Gasteiger partial charge in [0, 0.05) is 54.9 Å². The summed E-state index contributed by atoms with van der Waals surface area (Å²) in [7, 11) is 0. The zero-order valence-corrected chi connectivity index (χ0v) is 15.1. The summed E-state index contributed by atoms with van der Waals surface area (Å²) in [5.74, 6) is 1.06. The van der Waals surface area contributed by atoms with Crippen LogP contribution in [0.5, 0.6) is 0 Å². The quantitative estimate of drug-likeness (QED) is 0.731. The van der Waals surface area contributed by atoms with Crippen LogP contribution in [0.15, 0.2) is 30.6 Å². The molecular formula is C18H23N5S. The molecule has 0 N–H and O–H groups in total. The van der Waals surface area contributed by atoms with Gasteiger partial charge < -0.3 is 4.90 Å². The molecule has 0 aromatic carbocycles. The molecule has 3 aromatic heterocycles. The molecule has 0 saturated carbocycles. The minimum Gasteiger partial charge on any atom is -0.352 e. The van der Waals surface area contributed by atoms with Gasteiger partial charge in [-0.25, -0.2) is 9.50 Å². The van der Waals surface area contributed by atoms with E-state index in [0.29, 0.717) is 0 Å². The van der Waals surface area contributed by atoms with Gasteiger partial charge in [-0.1, -0.05) is 6.92 Å². The van der Waals surface area contributed by atoms with Gasteiger partial charge in [0.05, 0.1) is 5.69 Å². The molecule has 0 atom stereocenters. The van der Waals surface area contributed by atoms with Gasteiger partial charge in [0.2, 0.25) is 0 Å². The average Bonchev–Trinajstić information content (AvgIpc) is 3.20. The van der Waals surface area contributed by atoms with E-state index in [9.17, 15) is 0 Å². The van der Waals surface area contributed by atoms with Crippen molar-refractivity contribution >= 4 is 22.7 Å². The Morgan fingerprint density at radius 3 is 2.67 bits per heavy atom. The fourth-order valence-electron chi connectivity index (χ4n) is 3.31. The van der Waals surface area contributed by atoms with Crippen molar-refractivity contribution in [3.63, 3.8) is 0 Å². The molecule has 1 fully saturated rings. The second-order valence-corrected chi connectivity index (χ2v) is 7.60. The van der Waals surface area contributed by atoms with Crippen LogP contribution in [0.1, 0.15) is 22.4 Å². The van der Waals surface area contributed by atoms with Crippen molar-refractivity contribution in [3.8, 4) is 0 Å². The molecule has 4 heterocycles. The van der Waals surface area contributed by atoms with Gasteiger partial charge in [-0.05, 0) is 31.5 Å². The van der Waals surface area contributed by atoms with Crippen LogP contribution in [0.3, 0.4) is 0 Å². The fourth-order valence-corrected chi connectivity index (χ4v) is 4.31. The van der Waals surface area contributed by atoms with Gasteiger partial charge in [0.1, 0.15) is 5.52 Å². The maximum atomic E-state index is 4.62. The number of anilines is 1. The number of thiophene rings is 1. The normalized spacial score (nSPS) is 16.2. The topological polar surface area (TPSA) is 36.7 Å². The number of aromatic nitrogens is 3. The standard InChI is InChI=1S/C18H23N5S/c1-3-15-4-5-16(24-15)13-21-8-10-22(11-9-21)18-17-12-14(2)20-23(17)7-6-19-18/h4-7,12H,3,8-11,13H2,1-2H3. The van der Waals surface area contributed by atoms with Crippen LogP contribution in [0, 0.1) is 6.92 Å². The van der Waals surface area contributed by atoms with Crippen LogP contribution in [0.2, 0.25) is 0 Å². The van der Waals surface area contributed by atoms with Gasteiger partial charge in [-0.2, -0.15) is 5.10 Å². The minimum absolute atomic E-state index is 1.02. The molecule has 1 aliphatic heterocycles. The van der Waals surface area contributed by atoms with Crippen LogP contribution >= 0.6 is 11.3 Å². The lowest BCUT2D eigenvalue weighted by Crippen LogP contribution is -2.46. The van der Waals surface area contributed by atoms with E-state index in [1.54, 1.807) is 0 Å². The monoisotopic (exact) mass is 341 g/mol. The van der Waals surface area contributed by atoms with E-state index < -0.39 is 0 Å². The Balaban J connectivity index is 1.43. The molecule has 0 bridgehead atoms. The molecule has 1 saturated heterocycles. The van der Waals surface area contributed by atoms with E-state index in [1.165, 1.54) is 9.75 Å². The first-order valence-electron chi connectivity index (χ1n) is 8.59. The van der Waals surface area contributed by atoms with Gasteiger partial charge in [-0.3, -0.25) is 4.90 Å². The SMILES string of the molecule is CCc1ccc(CN2CCN(c3nccn4nc(C)cc34)CC2)s1. The molecule has 0 amide bonds. The number of hydrogen-bond acceptors (Lipinski definition) is 5. The van der Waals surface area contributed by atoms with E-state index in [4.69, 9.17) is 0 Å². The Bertz CT molecular complexity index is 829. The lowest BCUT2D eigenvalue weighted by molar-refractivity contribution is 0.251. The second-order valence-electron chi connectivity index (χ2n) is 6.35. The van der Waals surface area contributed by atoms with Crippen LogP contribution in [0.25, 0.3) is 5.52 Å². The zero-order valence-electron chi connectivity index (χ0n) is 14.3. The van der Waals surface area contributed by atoms with Gasteiger partial charge in [0.15, 0.2) is 5.82 Å². The number of hydrogen-bond donors (Lipinski definition) is 0. The van der Waals surface area contributed by atoms with Crippen LogP contribution in [-0.4, -0.2) is 45.7 Å². The number of nitrogens with zero attached hydrogens (tertiary/aromatic N) is 5. The molecule has 1 aliphatic rings. The third kappa shape index (κ3) is 3.03. The van der Waals surface area contributed by atoms with E-state index in [2.05, 4.69) is 45.0 Å². The molecule has 126 valence electrons. The van der Waals surface area contributed by atoms with Crippen molar-refractivity contribution in [2.75, 3.05) is 31.1 Å². The lowest BCUT2D eigenvalue weighted by Gasteiger charge is -2.35. The minimum atomic E-state index is 1.02. The molecule has 24 heavy (non-hydrogen) atoms. The van der Waals surface area contributed by atoms with Crippen LogP contribution in [-0.2, 0) is 13.0 Å². The van der Waals surface area contributed by atoms with Crippen molar-refractivity contribution in [1.82, 2.24) is 19.5 Å². The average molecular weight is 341 g/mol. The first kappa shape index (κ1) is 15.6. The summed E-state index contributed by atoms with van der Waals surface area (Å²) in [6.45, 7) is 9.51. The number of aryl methyl sites for hydroxylation is 2. The summed E-state index contributed by atoms with van der Waals surface area (Å²) in [5, 5.41) is 4.49. The Kier molecular flexibility index (Phi) is 4.24. The van der Waals surface area contributed by atoms with Gasteiger partial charge in [-0.15, -0.1) is 11.3 Å². The Labute approximate surface area is 146 Å². The van der Waals surface area contributed by atoms with Gasteiger partial charge in [0.25, 0.3) is 0 Å². The summed E-state index contributed by atoms with van der Waals surface area (Å²) in [4.78, 5) is 12.5. The fraction of sp³-hybridized carbons (Fsp3) is 0.444. The van der Waals surface area contributed by atoms with Crippen molar-refractivity contribution < 1.29 is 0 Å². The highest BCUT2D eigenvalue weighted by molar-refractivity contribution is 7.11. The molecule has 0 spiro atoms. The predicted molar refractivity (Wildman–Crippen MR) is 98.9 cm³/mol. The van der Waals surface area contributed by atoms with Crippen molar-refractivity contribution in [3.05, 3.63) is 46.0 Å². The summed E-state index contributed by atoms with van der Waals surface area (Å²) in [6, 6.07) is 6.67. The summed E-state index contributed by atoms with van der Waals surface area (Å²) in [6.07, 6.45) is 4.90. The second kappa shape index (κ2) is 6.53. The summed E-state index contributed by atoms with van der Waals surface area (Å²) in [5.41, 5.74) is 2.14. The lowest BCUT2D eigenvalue weighted by atomic mass is 10.2. The van der Waals surface area contributed by atoms with E-state index >= 15 is 0 Å². The molecule has 0 aliphatic carbocycles. The Hall–Kier alpha value is -1.92. The highest BCUT2D eigenvalue weighted by Crippen LogP contribution is 2.23. The van der Waals surface area contributed by atoms with E-state index in [1.807, 2.05) is 35.2 Å². The zero-order chi connectivity index (χ0) is 16.5. The third-order valence-corrected chi connectivity index (χ3v) is 5.82. The Morgan fingerprint density at radius 1 is 1.12 bits per heavy atom. The molecule has 6 heteroatoms. The first-order valence-corrected chi connectivity index (χ1v) is 9.40. The van der Waals surface area contributed by atoms with Crippen molar-refractivity contribution in [1.29, 1.82) is 0 Å². The Morgan fingerprint density at radius 2 is 1.92 bits per heavy atom. The predicted octanol–water partition coefficient (Wildman–Crippen LogP) is 2.98. The van der Waals surface area contributed by atoms with Crippen molar-refractivity contribution in [2.24, 2.45) is 0 Å². The molecule has 0 radical (unpaired) electrons. The molecule has 4 rings (SSSR count). The highest BCUT2D eigenvalue weighted by atomic mass is 32.1. The number of rotatable bonds is 4. The molecule has 5 nitrogen and oxygen atoms in total. The van der Waals surface area contributed by atoms with E-state index in [-0.39, 0.29) is 0 Å². The molecule has 0 unspecified atom stereocenters. The van der Waals surface area contributed by atoms with Gasteiger partial charge >= 0.3 is 0 Å². The third-order valence-electron chi connectivity index (χ3n) is 4.61. The number of fused-ring (bicyclic) bond motifs is 1. The maximum Gasteiger partial charge on any atom is 0.154 e. The van der Waals surface area contributed by atoms with E-state index in [0.717, 1.165) is 56.2 Å². The van der Waals surface area contributed by atoms with Crippen LogP contribution < -0.4 is 4.90 Å². The smallest absolute Gasteiger partial charge is 0.154 e. The maximum absolute atomic E-state index is 4.62. The molecule has 3 aromatic rings. The summed E-state index contributed by atoms with van der Waals surface area (Å²) >= 11 is 1.95. The van der Waals surface area contributed by atoms with Crippen molar-refractivity contribution in [2.45, 2.75) is 26.8 Å². The van der Waals surface area contributed by atoms with Crippen LogP contribution in [0.4, 0.5) is 5.82 Å².